The van der Waals surface area contributed by atoms with Gasteiger partial charge in [0.1, 0.15) is 0 Å². The molecule has 0 fully saturated rings. The van der Waals surface area contributed by atoms with E-state index in [0.717, 1.165) is 32.1 Å². The molecule has 216 valence electrons. The third-order valence-electron chi connectivity index (χ3n) is 6.33. The fourth-order valence-corrected chi connectivity index (χ4v) is 3.96. The van der Waals surface area contributed by atoms with E-state index in [2.05, 4.69) is 13.8 Å². The van der Waals surface area contributed by atoms with Crippen molar-refractivity contribution in [3.05, 3.63) is 70.8 Å². The molecule has 7 nitrogen and oxygen atoms in total. The van der Waals surface area contributed by atoms with Crippen LogP contribution in [0, 0.1) is 0 Å². The molecule has 0 aliphatic rings. The van der Waals surface area contributed by atoms with Crippen LogP contribution < -0.4 is 0 Å². The maximum atomic E-state index is 12.5. The molecule has 0 heterocycles. The zero-order valence-electron chi connectivity index (χ0n) is 24.0. The van der Waals surface area contributed by atoms with Crippen LogP contribution in [0.15, 0.2) is 48.5 Å². The van der Waals surface area contributed by atoms with Gasteiger partial charge in [-0.25, -0.2) is 9.59 Å². The van der Waals surface area contributed by atoms with E-state index in [-0.39, 0.29) is 13.0 Å². The Kier molecular flexibility index (Phi) is 16.8. The van der Waals surface area contributed by atoms with E-state index in [1.807, 2.05) is 31.2 Å². The Balaban J connectivity index is 1.84. The molecular weight excluding hydrogens is 496 g/mol. The first-order valence-electron chi connectivity index (χ1n) is 14.6. The zero-order valence-corrected chi connectivity index (χ0v) is 24.0. The molecule has 39 heavy (non-hydrogen) atoms. The number of rotatable bonds is 21. The third kappa shape index (κ3) is 13.8. The highest BCUT2D eigenvalue weighted by atomic mass is 17.3. The van der Waals surface area contributed by atoms with Gasteiger partial charge in [0.25, 0.3) is 0 Å². The van der Waals surface area contributed by atoms with Crippen LogP contribution in [0.4, 0.5) is 0 Å². The zero-order chi connectivity index (χ0) is 28.1. The Bertz CT molecular complexity index is 853. The summed E-state index contributed by atoms with van der Waals surface area (Å²) >= 11 is 0. The summed E-state index contributed by atoms with van der Waals surface area (Å²) in [5, 5.41) is 0. The number of hydrogen-bond acceptors (Lipinski definition) is 7. The molecule has 0 aliphatic heterocycles. The van der Waals surface area contributed by atoms with Crippen molar-refractivity contribution in [3.63, 3.8) is 0 Å². The topological polar surface area (TPSA) is 80.3 Å². The Morgan fingerprint density at radius 3 is 1.46 bits per heavy atom. The van der Waals surface area contributed by atoms with E-state index in [1.165, 1.54) is 49.7 Å². The van der Waals surface area contributed by atoms with Crippen LogP contribution in [0.5, 0.6) is 0 Å². The van der Waals surface area contributed by atoms with Crippen LogP contribution >= 0.6 is 0 Å². The molecule has 0 saturated carbocycles. The van der Waals surface area contributed by atoms with Crippen molar-refractivity contribution in [1.82, 2.24) is 0 Å². The predicted octanol–water partition coefficient (Wildman–Crippen LogP) is 7.95. The van der Waals surface area contributed by atoms with Gasteiger partial charge in [0, 0.05) is 13.0 Å². The van der Waals surface area contributed by atoms with Gasteiger partial charge in [0.05, 0.1) is 17.7 Å². The number of ether oxygens (including phenoxy) is 1. The Labute approximate surface area is 234 Å². The first-order valence-corrected chi connectivity index (χ1v) is 14.6. The maximum absolute atomic E-state index is 12.5. The Morgan fingerprint density at radius 2 is 1.05 bits per heavy atom. The number of aryl methyl sites for hydroxylation is 2. The van der Waals surface area contributed by atoms with Gasteiger partial charge in [-0.2, -0.15) is 0 Å². The van der Waals surface area contributed by atoms with Crippen molar-refractivity contribution in [3.8, 4) is 0 Å². The van der Waals surface area contributed by atoms with Crippen LogP contribution in [0.25, 0.3) is 0 Å². The van der Waals surface area contributed by atoms with Crippen molar-refractivity contribution in [1.29, 1.82) is 0 Å². The van der Waals surface area contributed by atoms with Crippen LogP contribution in [-0.2, 0) is 37.1 Å². The van der Waals surface area contributed by atoms with Gasteiger partial charge in [0.2, 0.25) is 6.29 Å². The Hall–Kier alpha value is -2.74. The summed E-state index contributed by atoms with van der Waals surface area (Å²) in [6, 6.07) is 14.6. The summed E-state index contributed by atoms with van der Waals surface area (Å²) in [4.78, 5) is 45.4. The average Bonchev–Trinajstić information content (AvgIpc) is 2.97. The second kappa shape index (κ2) is 20.2. The van der Waals surface area contributed by atoms with Crippen LogP contribution in [0.1, 0.15) is 117 Å². The Morgan fingerprint density at radius 1 is 0.590 bits per heavy atom. The van der Waals surface area contributed by atoms with Gasteiger partial charge in [0.15, 0.2) is 0 Å². The molecule has 0 spiro atoms. The molecule has 0 radical (unpaired) electrons. The van der Waals surface area contributed by atoms with Crippen molar-refractivity contribution in [2.45, 2.75) is 104 Å². The van der Waals surface area contributed by atoms with Crippen LogP contribution in [0.2, 0.25) is 0 Å². The lowest BCUT2D eigenvalue weighted by molar-refractivity contribution is -0.422. The average molecular weight is 543 g/mol. The molecular formula is C32H46O7. The summed E-state index contributed by atoms with van der Waals surface area (Å²) in [7, 11) is 0. The lowest BCUT2D eigenvalue weighted by Crippen LogP contribution is -2.24. The number of carbonyl (C=O) groups is 2. The maximum Gasteiger partial charge on any atom is 0.373 e. The number of benzene rings is 2. The minimum absolute atomic E-state index is 0.202. The molecule has 0 saturated heterocycles. The van der Waals surface area contributed by atoms with Crippen molar-refractivity contribution in [2.75, 3.05) is 13.2 Å². The molecule has 2 rings (SSSR count). The summed E-state index contributed by atoms with van der Waals surface area (Å²) in [5.41, 5.74) is 3.07. The lowest BCUT2D eigenvalue weighted by atomic mass is 10.0. The fraction of sp³-hybridized carbons (Fsp3) is 0.562. The first-order chi connectivity index (χ1) is 19.1. The van der Waals surface area contributed by atoms with E-state index in [4.69, 9.17) is 24.3 Å². The molecule has 0 amide bonds. The molecule has 0 N–H and O–H groups in total. The summed E-state index contributed by atoms with van der Waals surface area (Å²) < 4.78 is 5.48. The van der Waals surface area contributed by atoms with Crippen molar-refractivity contribution < 1.29 is 33.9 Å². The van der Waals surface area contributed by atoms with E-state index < -0.39 is 18.2 Å². The highest BCUT2D eigenvalue weighted by Crippen LogP contribution is 2.14. The molecule has 0 aromatic heterocycles. The number of carbonyl (C=O) groups excluding carboxylic acids is 2. The predicted molar refractivity (Wildman–Crippen MR) is 151 cm³/mol. The summed E-state index contributed by atoms with van der Waals surface area (Å²) in [5.74, 6) is -1.31. The van der Waals surface area contributed by atoms with Crippen molar-refractivity contribution in [2.24, 2.45) is 0 Å². The first kappa shape index (κ1) is 32.5. The van der Waals surface area contributed by atoms with Gasteiger partial charge >= 0.3 is 11.9 Å². The molecule has 0 unspecified atom stereocenters. The summed E-state index contributed by atoms with van der Waals surface area (Å²) in [6.45, 7) is 7.24. The highest BCUT2D eigenvalue weighted by molar-refractivity contribution is 5.89. The van der Waals surface area contributed by atoms with E-state index >= 15 is 0 Å². The fourth-order valence-electron chi connectivity index (χ4n) is 3.96. The minimum Gasteiger partial charge on any atom is -0.381 e. The SMILES string of the molecule is CCCCCCc1ccc(C(=O)OOC(CCOCCC)OOC(=O)c2ccc(CCCCCC)cc2)cc1. The van der Waals surface area contributed by atoms with E-state index in [1.54, 1.807) is 24.3 Å². The third-order valence-corrected chi connectivity index (χ3v) is 6.33. The quantitative estimate of drug-likeness (QED) is 0.0685. The molecule has 0 aliphatic carbocycles. The molecule has 2 aromatic rings. The largest absolute Gasteiger partial charge is 0.381 e. The van der Waals surface area contributed by atoms with Gasteiger partial charge in [-0.1, -0.05) is 83.6 Å². The number of unbranched alkanes of at least 4 members (excludes halogenated alkanes) is 6. The van der Waals surface area contributed by atoms with Gasteiger partial charge in [-0.15, -0.1) is 9.78 Å². The molecule has 0 bridgehead atoms. The second-order valence-corrected chi connectivity index (χ2v) is 9.78. The number of hydrogen-bond donors (Lipinski definition) is 0. The van der Waals surface area contributed by atoms with E-state index in [9.17, 15) is 9.59 Å². The normalized spacial score (nSPS) is 11.1. The molecule has 7 heteroatoms. The van der Waals surface area contributed by atoms with Gasteiger partial charge in [-0.05, 0) is 67.5 Å². The summed E-state index contributed by atoms with van der Waals surface area (Å²) in [6.07, 6.45) is 11.4. The van der Waals surface area contributed by atoms with Gasteiger partial charge in [-0.3, -0.25) is 9.78 Å². The van der Waals surface area contributed by atoms with Gasteiger partial charge < -0.3 is 4.74 Å². The monoisotopic (exact) mass is 542 g/mol. The smallest absolute Gasteiger partial charge is 0.373 e. The van der Waals surface area contributed by atoms with Crippen LogP contribution in [0.3, 0.4) is 0 Å². The standard InChI is InChI=1S/C32H46O7/c1-4-7-9-11-13-26-15-19-28(20-16-26)31(33)38-36-30(23-25-35-24-6-3)37-39-32(34)29-21-17-27(18-22-29)14-12-10-8-5-2/h15-22,30H,4-14,23-25H2,1-3H3. The van der Waals surface area contributed by atoms with E-state index in [0.29, 0.717) is 17.7 Å². The second-order valence-electron chi connectivity index (χ2n) is 9.78. The minimum atomic E-state index is -1.13. The van der Waals surface area contributed by atoms with Crippen molar-refractivity contribution >= 4 is 11.9 Å². The highest BCUT2D eigenvalue weighted by Gasteiger charge is 2.20. The molecule has 2 aromatic carbocycles. The lowest BCUT2D eigenvalue weighted by Gasteiger charge is -2.15. The van der Waals surface area contributed by atoms with Crippen LogP contribution in [-0.4, -0.2) is 31.4 Å². The molecule has 0 atom stereocenters.